The Labute approximate surface area is 217 Å². The average molecular weight is 509 g/mol. The Bertz CT molecular complexity index is 1090. The minimum absolute atomic E-state index is 0.0859. The lowest BCUT2D eigenvalue weighted by Gasteiger charge is -2.27. The lowest BCUT2D eigenvalue weighted by Crippen LogP contribution is -2.54. The number of para-hydroxylation sites is 1. The molecule has 0 bridgehead atoms. The highest BCUT2D eigenvalue weighted by Crippen LogP contribution is 2.19. The van der Waals surface area contributed by atoms with Crippen molar-refractivity contribution in [3.63, 3.8) is 0 Å². The molecule has 0 fully saturated rings. The number of nitrogens with zero attached hydrogens (tertiary/aromatic N) is 1. The lowest BCUT2D eigenvalue weighted by atomic mass is 10.0. The second kappa shape index (κ2) is 13.4. The van der Waals surface area contributed by atoms with Crippen LogP contribution in [0.4, 0.5) is 0 Å². The van der Waals surface area contributed by atoms with Crippen molar-refractivity contribution >= 4 is 23.6 Å². The third kappa shape index (κ3) is 7.80. The average Bonchev–Trinajstić information content (AvgIpc) is 2.90. The van der Waals surface area contributed by atoms with Gasteiger partial charge in [-0.15, -0.1) is 0 Å². The van der Waals surface area contributed by atoms with Gasteiger partial charge >= 0.3 is 0 Å². The molecule has 3 rings (SSSR count). The monoisotopic (exact) mass is 508 g/mol. The number of amides is 4. The maximum absolute atomic E-state index is 13.3. The topological polar surface area (TPSA) is 117 Å². The fourth-order valence-corrected chi connectivity index (χ4v) is 4.18. The van der Waals surface area contributed by atoms with Gasteiger partial charge in [0.25, 0.3) is 5.91 Å². The Morgan fingerprint density at radius 2 is 1.70 bits per heavy atom. The van der Waals surface area contributed by atoms with E-state index in [4.69, 9.17) is 4.74 Å². The number of hydrogen-bond acceptors (Lipinski definition) is 5. The third-order valence-corrected chi connectivity index (χ3v) is 6.45. The van der Waals surface area contributed by atoms with E-state index in [-0.39, 0.29) is 43.5 Å². The van der Waals surface area contributed by atoms with E-state index in [1.807, 2.05) is 44.2 Å². The first-order valence-electron chi connectivity index (χ1n) is 12.7. The van der Waals surface area contributed by atoms with Crippen molar-refractivity contribution in [2.75, 3.05) is 20.2 Å². The van der Waals surface area contributed by atoms with Gasteiger partial charge in [0.1, 0.15) is 24.4 Å². The summed E-state index contributed by atoms with van der Waals surface area (Å²) in [5, 5.41) is 8.42. The summed E-state index contributed by atoms with van der Waals surface area (Å²) in [7, 11) is 1.65. The van der Waals surface area contributed by atoms with E-state index in [2.05, 4.69) is 16.0 Å². The number of hydrogen-bond donors (Lipinski definition) is 3. The van der Waals surface area contributed by atoms with E-state index >= 15 is 0 Å². The molecule has 2 aromatic rings. The maximum Gasteiger partial charge on any atom is 0.255 e. The SMILES string of the molecule is CCC(CC)NC(=O)[C@@H]1CC(=O)N[C@@H](Cc2ccccc2)C(=O)N(C)CCOc2ccccc2C(=O)N1. The first kappa shape index (κ1) is 27.7. The molecule has 9 nitrogen and oxygen atoms in total. The van der Waals surface area contributed by atoms with Crippen molar-refractivity contribution in [1.29, 1.82) is 0 Å². The predicted molar refractivity (Wildman–Crippen MR) is 140 cm³/mol. The smallest absolute Gasteiger partial charge is 0.255 e. The number of fused-ring (bicyclic) bond motifs is 1. The molecule has 0 saturated carbocycles. The van der Waals surface area contributed by atoms with Crippen molar-refractivity contribution in [3.05, 3.63) is 65.7 Å². The number of likely N-dealkylation sites (N-methyl/N-ethyl adjacent to an activating group) is 1. The van der Waals surface area contributed by atoms with Gasteiger partial charge in [-0.25, -0.2) is 0 Å². The molecule has 0 spiro atoms. The zero-order chi connectivity index (χ0) is 26.8. The fraction of sp³-hybridized carbons (Fsp3) is 0.429. The quantitative estimate of drug-likeness (QED) is 0.552. The molecule has 9 heteroatoms. The van der Waals surface area contributed by atoms with Crippen LogP contribution in [-0.4, -0.2) is 66.9 Å². The van der Waals surface area contributed by atoms with Crippen molar-refractivity contribution in [2.24, 2.45) is 0 Å². The largest absolute Gasteiger partial charge is 0.491 e. The predicted octanol–water partition coefficient (Wildman–Crippen LogP) is 2.06. The van der Waals surface area contributed by atoms with Crippen LogP contribution in [0.25, 0.3) is 0 Å². The van der Waals surface area contributed by atoms with Gasteiger partial charge in [0.05, 0.1) is 18.5 Å². The van der Waals surface area contributed by atoms with Gasteiger partial charge in [-0.3, -0.25) is 19.2 Å². The van der Waals surface area contributed by atoms with Gasteiger partial charge in [-0.2, -0.15) is 0 Å². The second-order valence-corrected chi connectivity index (χ2v) is 9.17. The van der Waals surface area contributed by atoms with Crippen LogP contribution in [0.1, 0.15) is 49.0 Å². The normalized spacial score (nSPS) is 19.2. The standard InChI is InChI=1S/C28H36N4O5/c1-4-20(5-2)29-27(35)22-18-25(33)30-23(17-19-11-7-6-8-12-19)28(36)32(3)15-16-37-24-14-10-9-13-21(24)26(34)31-22/h6-14,20,22-23H,4-5,15-18H2,1-3H3,(H,29,35)(H,30,33)(H,31,34)/t22-,23-/m0/s1. The summed E-state index contributed by atoms with van der Waals surface area (Å²) >= 11 is 0. The number of ether oxygens (including phenoxy) is 1. The highest BCUT2D eigenvalue weighted by molar-refractivity contribution is 6.01. The van der Waals surface area contributed by atoms with E-state index in [0.717, 1.165) is 5.56 Å². The molecule has 0 unspecified atom stereocenters. The number of rotatable bonds is 6. The summed E-state index contributed by atoms with van der Waals surface area (Å²) in [6.07, 6.45) is 1.40. The molecule has 1 aliphatic rings. The van der Waals surface area contributed by atoms with Crippen LogP contribution in [0.5, 0.6) is 5.75 Å². The molecule has 1 heterocycles. The maximum atomic E-state index is 13.3. The molecule has 2 aromatic carbocycles. The summed E-state index contributed by atoms with van der Waals surface area (Å²) in [6.45, 7) is 4.32. The van der Waals surface area contributed by atoms with Gasteiger partial charge in [0.2, 0.25) is 17.7 Å². The van der Waals surface area contributed by atoms with Gasteiger partial charge in [-0.1, -0.05) is 56.3 Å². The zero-order valence-electron chi connectivity index (χ0n) is 21.7. The Morgan fingerprint density at radius 3 is 2.41 bits per heavy atom. The lowest BCUT2D eigenvalue weighted by molar-refractivity contribution is -0.136. The van der Waals surface area contributed by atoms with Gasteiger partial charge < -0.3 is 25.6 Å². The van der Waals surface area contributed by atoms with Crippen LogP contribution >= 0.6 is 0 Å². The van der Waals surface area contributed by atoms with Crippen molar-refractivity contribution in [1.82, 2.24) is 20.9 Å². The van der Waals surface area contributed by atoms with Gasteiger partial charge in [0.15, 0.2) is 0 Å². The summed E-state index contributed by atoms with van der Waals surface area (Å²) in [5.41, 5.74) is 1.13. The van der Waals surface area contributed by atoms with E-state index in [9.17, 15) is 19.2 Å². The minimum atomic E-state index is -1.13. The molecule has 1 aliphatic heterocycles. The Balaban J connectivity index is 1.92. The van der Waals surface area contributed by atoms with E-state index < -0.39 is 29.8 Å². The molecule has 0 radical (unpaired) electrons. The number of carbonyl (C=O) groups is 4. The summed E-state index contributed by atoms with van der Waals surface area (Å²) < 4.78 is 5.85. The van der Waals surface area contributed by atoms with Crippen LogP contribution in [0, 0.1) is 0 Å². The number of benzene rings is 2. The molecular weight excluding hydrogens is 472 g/mol. The van der Waals surface area contributed by atoms with E-state index in [0.29, 0.717) is 18.6 Å². The van der Waals surface area contributed by atoms with Crippen LogP contribution < -0.4 is 20.7 Å². The summed E-state index contributed by atoms with van der Waals surface area (Å²) in [5.74, 6) is -1.41. The molecule has 0 aliphatic carbocycles. The summed E-state index contributed by atoms with van der Waals surface area (Å²) in [4.78, 5) is 54.3. The molecule has 0 aromatic heterocycles. The number of carbonyl (C=O) groups excluding carboxylic acids is 4. The van der Waals surface area contributed by atoms with Gasteiger partial charge in [0, 0.05) is 19.5 Å². The van der Waals surface area contributed by atoms with Gasteiger partial charge in [-0.05, 0) is 30.5 Å². The van der Waals surface area contributed by atoms with Crippen molar-refractivity contribution in [3.8, 4) is 5.75 Å². The van der Waals surface area contributed by atoms with Crippen molar-refractivity contribution < 1.29 is 23.9 Å². The molecule has 2 atom stereocenters. The van der Waals surface area contributed by atoms with E-state index in [1.165, 1.54) is 4.90 Å². The third-order valence-electron chi connectivity index (χ3n) is 6.45. The fourth-order valence-electron chi connectivity index (χ4n) is 4.18. The minimum Gasteiger partial charge on any atom is -0.491 e. The van der Waals surface area contributed by atoms with E-state index in [1.54, 1.807) is 31.3 Å². The molecule has 3 N–H and O–H groups in total. The first-order valence-corrected chi connectivity index (χ1v) is 12.7. The zero-order valence-corrected chi connectivity index (χ0v) is 21.7. The molecular formula is C28H36N4O5. The van der Waals surface area contributed by atoms with Crippen LogP contribution in [0.2, 0.25) is 0 Å². The molecule has 198 valence electrons. The molecule has 4 amide bonds. The molecule has 0 saturated heterocycles. The highest BCUT2D eigenvalue weighted by atomic mass is 16.5. The Kier molecular flexibility index (Phi) is 10.1. The Hall–Kier alpha value is -3.88. The first-order chi connectivity index (χ1) is 17.8. The van der Waals surface area contributed by atoms with Crippen LogP contribution in [0.3, 0.4) is 0 Å². The summed E-state index contributed by atoms with van der Waals surface area (Å²) in [6, 6.07) is 14.0. The number of nitrogens with one attached hydrogen (secondary N) is 3. The second-order valence-electron chi connectivity index (χ2n) is 9.17. The van der Waals surface area contributed by atoms with Crippen molar-refractivity contribution in [2.45, 2.75) is 57.7 Å². The molecule has 37 heavy (non-hydrogen) atoms. The van der Waals surface area contributed by atoms with Crippen LogP contribution in [-0.2, 0) is 20.8 Å². The van der Waals surface area contributed by atoms with Crippen LogP contribution in [0.15, 0.2) is 54.6 Å². The Morgan fingerprint density at radius 1 is 1.03 bits per heavy atom. The highest BCUT2D eigenvalue weighted by Gasteiger charge is 2.30.